The molecule has 0 bridgehead atoms. The molecule has 5 heteroatoms. The van der Waals surface area contributed by atoms with Gasteiger partial charge in [0.25, 0.3) is 5.91 Å². The van der Waals surface area contributed by atoms with Gasteiger partial charge in [0.1, 0.15) is 0 Å². The number of carbonyl (C=O) groups excluding carboxylic acids is 1. The Kier molecular flexibility index (Phi) is 5.75. The van der Waals surface area contributed by atoms with Crippen LogP contribution in [0, 0.1) is 5.92 Å². The third-order valence-corrected chi connectivity index (χ3v) is 4.78. The highest BCUT2D eigenvalue weighted by molar-refractivity contribution is 7.98. The molecule has 2 N–H and O–H groups in total. The van der Waals surface area contributed by atoms with Crippen molar-refractivity contribution in [1.82, 2.24) is 5.32 Å². The molecule has 1 saturated carbocycles. The summed E-state index contributed by atoms with van der Waals surface area (Å²) in [5.41, 5.74) is 0.523. The topological polar surface area (TPSA) is 49.3 Å². The van der Waals surface area contributed by atoms with E-state index in [1.54, 1.807) is 17.8 Å². The number of aliphatic hydroxyl groups excluding tert-OH is 1. The number of hydrogen-bond acceptors (Lipinski definition) is 3. The monoisotopic (exact) mass is 313 g/mol. The minimum Gasteiger partial charge on any atom is -0.393 e. The van der Waals surface area contributed by atoms with Gasteiger partial charge in [0.05, 0.1) is 16.7 Å². The molecule has 1 aliphatic rings. The normalized spacial score (nSPS) is 22.6. The van der Waals surface area contributed by atoms with Crippen molar-refractivity contribution < 1.29 is 9.90 Å². The third-order valence-electron chi connectivity index (χ3n) is 3.72. The molecule has 0 aromatic heterocycles. The van der Waals surface area contributed by atoms with Gasteiger partial charge in [0, 0.05) is 11.4 Å². The summed E-state index contributed by atoms with van der Waals surface area (Å²) in [7, 11) is 0. The summed E-state index contributed by atoms with van der Waals surface area (Å²) in [6, 6.07) is 5.48. The molecule has 3 nitrogen and oxygen atoms in total. The first kappa shape index (κ1) is 15.7. The summed E-state index contributed by atoms with van der Waals surface area (Å²) in [5.74, 6) is 0.233. The SMILES string of the molecule is CSc1ccc(Cl)c(C(=O)NCC2CCCC(O)C2)c1. The van der Waals surface area contributed by atoms with E-state index in [4.69, 9.17) is 11.6 Å². The number of rotatable bonds is 4. The second-order valence-corrected chi connectivity index (χ2v) is 6.53. The predicted molar refractivity (Wildman–Crippen MR) is 83.5 cm³/mol. The van der Waals surface area contributed by atoms with Crippen LogP contribution in [-0.2, 0) is 0 Å². The van der Waals surface area contributed by atoms with E-state index < -0.39 is 0 Å². The lowest BCUT2D eigenvalue weighted by molar-refractivity contribution is 0.0873. The molecule has 1 fully saturated rings. The van der Waals surface area contributed by atoms with Crippen LogP contribution in [0.4, 0.5) is 0 Å². The standard InChI is InChI=1S/C15H20ClNO2S/c1-20-12-5-6-14(16)13(8-12)15(19)17-9-10-3-2-4-11(18)7-10/h5-6,8,10-11,18H,2-4,7,9H2,1H3,(H,17,19). The zero-order chi connectivity index (χ0) is 14.5. The Morgan fingerprint density at radius 3 is 3.00 bits per heavy atom. The van der Waals surface area contributed by atoms with E-state index in [0.717, 1.165) is 30.6 Å². The number of aliphatic hydroxyl groups is 1. The molecular weight excluding hydrogens is 294 g/mol. The number of thioether (sulfide) groups is 1. The quantitative estimate of drug-likeness (QED) is 0.838. The van der Waals surface area contributed by atoms with Crippen molar-refractivity contribution in [2.24, 2.45) is 5.92 Å². The van der Waals surface area contributed by atoms with E-state index in [1.165, 1.54) is 0 Å². The molecule has 1 aliphatic carbocycles. The molecule has 2 unspecified atom stereocenters. The second kappa shape index (κ2) is 7.34. The summed E-state index contributed by atoms with van der Waals surface area (Å²) in [6.45, 7) is 0.607. The van der Waals surface area contributed by atoms with Crippen LogP contribution in [0.5, 0.6) is 0 Å². The highest BCUT2D eigenvalue weighted by atomic mass is 35.5. The van der Waals surface area contributed by atoms with Gasteiger partial charge >= 0.3 is 0 Å². The summed E-state index contributed by atoms with van der Waals surface area (Å²) in [5, 5.41) is 13.1. The Balaban J connectivity index is 1.94. The van der Waals surface area contributed by atoms with E-state index in [0.29, 0.717) is 23.0 Å². The van der Waals surface area contributed by atoms with Crippen molar-refractivity contribution in [3.8, 4) is 0 Å². The van der Waals surface area contributed by atoms with Crippen LogP contribution in [0.25, 0.3) is 0 Å². The average molecular weight is 314 g/mol. The van der Waals surface area contributed by atoms with Crippen molar-refractivity contribution in [2.45, 2.75) is 36.7 Å². The van der Waals surface area contributed by atoms with Crippen LogP contribution in [0.2, 0.25) is 5.02 Å². The van der Waals surface area contributed by atoms with Gasteiger partial charge < -0.3 is 10.4 Å². The van der Waals surface area contributed by atoms with E-state index >= 15 is 0 Å². The van der Waals surface area contributed by atoms with Gasteiger partial charge in [0.15, 0.2) is 0 Å². The number of benzene rings is 1. The Morgan fingerprint density at radius 2 is 2.30 bits per heavy atom. The molecule has 0 spiro atoms. The largest absolute Gasteiger partial charge is 0.393 e. The molecule has 0 saturated heterocycles. The first-order chi connectivity index (χ1) is 9.60. The number of amides is 1. The van der Waals surface area contributed by atoms with Crippen LogP contribution in [-0.4, -0.2) is 29.9 Å². The Labute approximate surface area is 129 Å². The van der Waals surface area contributed by atoms with Crippen molar-refractivity contribution >= 4 is 29.3 Å². The minimum atomic E-state index is -0.214. The van der Waals surface area contributed by atoms with Gasteiger partial charge in [-0.3, -0.25) is 4.79 Å². The third kappa shape index (κ3) is 4.14. The van der Waals surface area contributed by atoms with E-state index in [9.17, 15) is 9.90 Å². The van der Waals surface area contributed by atoms with Crippen LogP contribution >= 0.6 is 23.4 Å². The zero-order valence-electron chi connectivity index (χ0n) is 11.6. The summed E-state index contributed by atoms with van der Waals surface area (Å²) < 4.78 is 0. The molecule has 1 aromatic carbocycles. The maximum absolute atomic E-state index is 12.2. The van der Waals surface area contributed by atoms with Crippen LogP contribution < -0.4 is 5.32 Å². The zero-order valence-corrected chi connectivity index (χ0v) is 13.1. The molecule has 0 aliphatic heterocycles. The number of carbonyl (C=O) groups is 1. The molecule has 1 aromatic rings. The highest BCUT2D eigenvalue weighted by Gasteiger charge is 2.21. The fourth-order valence-electron chi connectivity index (χ4n) is 2.59. The number of halogens is 1. The van der Waals surface area contributed by atoms with E-state index in [-0.39, 0.29) is 12.0 Å². The Morgan fingerprint density at radius 1 is 1.50 bits per heavy atom. The summed E-state index contributed by atoms with van der Waals surface area (Å²) >= 11 is 7.67. The van der Waals surface area contributed by atoms with Crippen molar-refractivity contribution in [3.63, 3.8) is 0 Å². The van der Waals surface area contributed by atoms with Crippen molar-refractivity contribution in [1.29, 1.82) is 0 Å². The number of hydrogen-bond donors (Lipinski definition) is 2. The predicted octanol–water partition coefficient (Wildman–Crippen LogP) is 3.34. The lowest BCUT2D eigenvalue weighted by atomic mass is 9.87. The molecular formula is C15H20ClNO2S. The van der Waals surface area contributed by atoms with E-state index in [2.05, 4.69) is 5.32 Å². The molecule has 0 heterocycles. The van der Waals surface area contributed by atoms with Gasteiger partial charge in [-0.15, -0.1) is 11.8 Å². The van der Waals surface area contributed by atoms with Gasteiger partial charge in [0.2, 0.25) is 0 Å². The maximum atomic E-state index is 12.2. The van der Waals surface area contributed by atoms with Gasteiger partial charge in [-0.05, 0) is 49.6 Å². The van der Waals surface area contributed by atoms with Gasteiger partial charge in [-0.1, -0.05) is 18.0 Å². The number of nitrogens with one attached hydrogen (secondary N) is 1. The molecule has 1 amide bonds. The molecule has 2 atom stereocenters. The smallest absolute Gasteiger partial charge is 0.252 e. The first-order valence-electron chi connectivity index (χ1n) is 6.90. The fraction of sp³-hybridized carbons (Fsp3) is 0.533. The first-order valence-corrected chi connectivity index (χ1v) is 8.50. The summed E-state index contributed by atoms with van der Waals surface area (Å²) in [4.78, 5) is 13.2. The molecule has 20 heavy (non-hydrogen) atoms. The minimum absolute atomic E-state index is 0.133. The second-order valence-electron chi connectivity index (χ2n) is 5.24. The van der Waals surface area contributed by atoms with Crippen molar-refractivity contribution in [3.05, 3.63) is 28.8 Å². The fourth-order valence-corrected chi connectivity index (χ4v) is 3.23. The molecule has 0 radical (unpaired) electrons. The van der Waals surface area contributed by atoms with Crippen molar-refractivity contribution in [2.75, 3.05) is 12.8 Å². The van der Waals surface area contributed by atoms with Gasteiger partial charge in [-0.2, -0.15) is 0 Å². The highest BCUT2D eigenvalue weighted by Crippen LogP contribution is 2.25. The molecule has 2 rings (SSSR count). The Bertz CT molecular complexity index is 481. The van der Waals surface area contributed by atoms with Crippen LogP contribution in [0.1, 0.15) is 36.0 Å². The summed E-state index contributed by atoms with van der Waals surface area (Å²) in [6.07, 6.45) is 5.51. The lowest BCUT2D eigenvalue weighted by Crippen LogP contribution is -2.33. The van der Waals surface area contributed by atoms with Crippen LogP contribution in [0.3, 0.4) is 0 Å². The van der Waals surface area contributed by atoms with E-state index in [1.807, 2.05) is 18.4 Å². The van der Waals surface area contributed by atoms with Gasteiger partial charge in [-0.25, -0.2) is 0 Å². The van der Waals surface area contributed by atoms with Crippen LogP contribution in [0.15, 0.2) is 23.1 Å². The lowest BCUT2D eigenvalue weighted by Gasteiger charge is -2.25. The Hall–Kier alpha value is -0.710. The molecule has 110 valence electrons. The maximum Gasteiger partial charge on any atom is 0.252 e. The average Bonchev–Trinajstić information content (AvgIpc) is 2.45.